The number of hydrogen-bond acceptors (Lipinski definition) is 3. The molecule has 0 bridgehead atoms. The molecule has 0 spiro atoms. The third-order valence-electron chi connectivity index (χ3n) is 2.39. The lowest BCUT2D eigenvalue weighted by Crippen LogP contribution is -2.15. The average Bonchev–Trinajstić information content (AvgIpc) is 2.25. The Hall–Kier alpha value is -2.02. The van der Waals surface area contributed by atoms with E-state index >= 15 is 0 Å². The van der Waals surface area contributed by atoms with Crippen molar-refractivity contribution in [3.05, 3.63) is 34.9 Å². The molecule has 5 nitrogen and oxygen atoms in total. The smallest absolute Gasteiger partial charge is 0.338 e. The van der Waals surface area contributed by atoms with Gasteiger partial charge >= 0.3 is 11.9 Å². The molecule has 1 aromatic rings. The highest BCUT2D eigenvalue weighted by Crippen LogP contribution is 2.22. The molecule has 0 heterocycles. The van der Waals surface area contributed by atoms with E-state index in [2.05, 4.69) is 0 Å². The number of benzene rings is 1. The Balaban J connectivity index is 3.04. The molecule has 1 rings (SSSR count). The van der Waals surface area contributed by atoms with Crippen molar-refractivity contribution >= 4 is 11.9 Å². The highest BCUT2D eigenvalue weighted by Gasteiger charge is 2.19. The lowest BCUT2D eigenvalue weighted by atomic mass is 9.99. The molecule has 7 heteroatoms. The fraction of sp³-hybridized carbons (Fsp3) is 0.273. The fourth-order valence-electron chi connectivity index (χ4n) is 1.45. The molecule has 0 aliphatic heterocycles. The van der Waals surface area contributed by atoms with E-state index in [1.807, 2.05) is 0 Å². The molecule has 0 saturated carbocycles. The molecule has 0 amide bonds. The predicted molar refractivity (Wildman–Crippen MR) is 57.1 cm³/mol. The Bertz CT molecular complexity index is 490. The SMILES string of the molecule is NC(CCC(=O)O)c1cc(C(=O)O)c(F)cc1F. The number of hydrogen-bond donors (Lipinski definition) is 3. The van der Waals surface area contributed by atoms with E-state index in [0.29, 0.717) is 6.07 Å². The van der Waals surface area contributed by atoms with Crippen molar-refractivity contribution in [1.29, 1.82) is 0 Å². The van der Waals surface area contributed by atoms with Gasteiger partial charge in [0.2, 0.25) is 0 Å². The van der Waals surface area contributed by atoms with Crippen LogP contribution >= 0.6 is 0 Å². The van der Waals surface area contributed by atoms with Gasteiger partial charge < -0.3 is 15.9 Å². The van der Waals surface area contributed by atoms with Crippen molar-refractivity contribution in [1.82, 2.24) is 0 Å². The minimum Gasteiger partial charge on any atom is -0.481 e. The number of rotatable bonds is 5. The third kappa shape index (κ3) is 3.24. The first-order chi connectivity index (χ1) is 8.32. The fourth-order valence-corrected chi connectivity index (χ4v) is 1.45. The summed E-state index contributed by atoms with van der Waals surface area (Å²) in [5, 5.41) is 17.1. The molecule has 0 saturated heterocycles. The lowest BCUT2D eigenvalue weighted by Gasteiger charge is -2.13. The van der Waals surface area contributed by atoms with Gasteiger partial charge in [-0.25, -0.2) is 13.6 Å². The van der Waals surface area contributed by atoms with E-state index in [9.17, 15) is 18.4 Å². The quantitative estimate of drug-likeness (QED) is 0.744. The second kappa shape index (κ2) is 5.54. The molecule has 0 aliphatic carbocycles. The van der Waals surface area contributed by atoms with Gasteiger partial charge in [0.25, 0.3) is 0 Å². The van der Waals surface area contributed by atoms with E-state index in [-0.39, 0.29) is 18.4 Å². The molecule has 98 valence electrons. The number of aromatic carboxylic acids is 1. The van der Waals surface area contributed by atoms with Gasteiger partial charge in [-0.05, 0) is 12.5 Å². The van der Waals surface area contributed by atoms with Crippen LogP contribution in [-0.2, 0) is 4.79 Å². The average molecular weight is 259 g/mol. The topological polar surface area (TPSA) is 101 Å². The number of nitrogens with two attached hydrogens (primary N) is 1. The zero-order chi connectivity index (χ0) is 13.9. The number of carboxylic acids is 2. The maximum absolute atomic E-state index is 13.4. The highest BCUT2D eigenvalue weighted by atomic mass is 19.1. The Labute approximate surface area is 101 Å². The molecule has 1 aromatic carbocycles. The van der Waals surface area contributed by atoms with Crippen LogP contribution in [0, 0.1) is 11.6 Å². The van der Waals surface area contributed by atoms with Crippen LogP contribution in [-0.4, -0.2) is 22.2 Å². The van der Waals surface area contributed by atoms with Gasteiger partial charge in [0, 0.05) is 24.1 Å². The molecular weight excluding hydrogens is 248 g/mol. The predicted octanol–water partition coefficient (Wildman–Crippen LogP) is 1.53. The zero-order valence-electron chi connectivity index (χ0n) is 9.19. The molecule has 4 N–H and O–H groups in total. The number of carboxylic acid groups (broad SMARTS) is 2. The Morgan fingerprint density at radius 1 is 1.22 bits per heavy atom. The molecule has 0 fully saturated rings. The first kappa shape index (κ1) is 14.0. The van der Waals surface area contributed by atoms with Crippen LogP contribution < -0.4 is 5.73 Å². The minimum absolute atomic E-state index is 0.0725. The highest BCUT2D eigenvalue weighted by molar-refractivity contribution is 5.88. The first-order valence-electron chi connectivity index (χ1n) is 5.02. The molecule has 18 heavy (non-hydrogen) atoms. The summed E-state index contributed by atoms with van der Waals surface area (Å²) in [4.78, 5) is 21.0. The molecule has 1 atom stereocenters. The standard InChI is InChI=1S/C11H11F2NO4/c12-7-4-8(13)6(11(17)18)3-5(7)9(14)1-2-10(15)16/h3-4,9H,1-2,14H2,(H,15,16)(H,17,18). The van der Waals surface area contributed by atoms with Crippen LogP contribution in [0.5, 0.6) is 0 Å². The second-order valence-electron chi connectivity index (χ2n) is 3.70. The van der Waals surface area contributed by atoms with Gasteiger partial charge in [0.05, 0.1) is 5.56 Å². The summed E-state index contributed by atoms with van der Waals surface area (Å²) < 4.78 is 26.5. The third-order valence-corrected chi connectivity index (χ3v) is 2.39. The molecular formula is C11H11F2NO4. The van der Waals surface area contributed by atoms with Gasteiger partial charge in [0.1, 0.15) is 11.6 Å². The van der Waals surface area contributed by atoms with Gasteiger partial charge in [-0.3, -0.25) is 4.79 Å². The van der Waals surface area contributed by atoms with Gasteiger partial charge in [-0.1, -0.05) is 0 Å². The normalized spacial score (nSPS) is 12.2. The van der Waals surface area contributed by atoms with Crippen LogP contribution in [0.1, 0.15) is 34.8 Å². The number of halogens is 2. The molecule has 0 radical (unpaired) electrons. The van der Waals surface area contributed by atoms with E-state index in [0.717, 1.165) is 6.07 Å². The summed E-state index contributed by atoms with van der Waals surface area (Å²) >= 11 is 0. The summed E-state index contributed by atoms with van der Waals surface area (Å²) in [5.41, 5.74) is 4.63. The van der Waals surface area contributed by atoms with Gasteiger partial charge in [0.15, 0.2) is 0 Å². The second-order valence-corrected chi connectivity index (χ2v) is 3.70. The van der Waals surface area contributed by atoms with Crippen LogP contribution in [0.3, 0.4) is 0 Å². The van der Waals surface area contributed by atoms with Crippen LogP contribution in [0.2, 0.25) is 0 Å². The van der Waals surface area contributed by atoms with E-state index in [4.69, 9.17) is 15.9 Å². The summed E-state index contributed by atoms with van der Waals surface area (Å²) in [6, 6.07) is 0.221. The Morgan fingerprint density at radius 2 is 1.83 bits per heavy atom. The van der Waals surface area contributed by atoms with E-state index in [1.54, 1.807) is 0 Å². The van der Waals surface area contributed by atoms with E-state index < -0.39 is 35.2 Å². The molecule has 1 unspecified atom stereocenters. The Kier molecular flexibility index (Phi) is 4.33. The lowest BCUT2D eigenvalue weighted by molar-refractivity contribution is -0.137. The van der Waals surface area contributed by atoms with Gasteiger partial charge in [-0.15, -0.1) is 0 Å². The summed E-state index contributed by atoms with van der Waals surface area (Å²) in [6.07, 6.45) is -0.364. The zero-order valence-corrected chi connectivity index (χ0v) is 9.19. The molecule has 0 aromatic heterocycles. The maximum atomic E-state index is 13.4. The summed E-state index contributed by atoms with van der Waals surface area (Å²) in [5.74, 6) is -4.84. The largest absolute Gasteiger partial charge is 0.481 e. The first-order valence-corrected chi connectivity index (χ1v) is 5.02. The van der Waals surface area contributed by atoms with Crippen LogP contribution in [0.25, 0.3) is 0 Å². The molecule has 0 aliphatic rings. The van der Waals surface area contributed by atoms with Gasteiger partial charge in [-0.2, -0.15) is 0 Å². The van der Waals surface area contributed by atoms with Crippen molar-refractivity contribution in [2.24, 2.45) is 5.73 Å². The van der Waals surface area contributed by atoms with Crippen LogP contribution in [0.15, 0.2) is 12.1 Å². The van der Waals surface area contributed by atoms with Crippen LogP contribution in [0.4, 0.5) is 8.78 Å². The Morgan fingerprint density at radius 3 is 2.33 bits per heavy atom. The maximum Gasteiger partial charge on any atom is 0.338 e. The number of aliphatic carboxylic acids is 1. The van der Waals surface area contributed by atoms with E-state index in [1.165, 1.54) is 0 Å². The summed E-state index contributed by atoms with van der Waals surface area (Å²) in [7, 11) is 0. The van der Waals surface area contributed by atoms with Crippen molar-refractivity contribution in [3.8, 4) is 0 Å². The van der Waals surface area contributed by atoms with Crippen molar-refractivity contribution < 1.29 is 28.6 Å². The number of carbonyl (C=O) groups is 2. The van der Waals surface area contributed by atoms with Crippen molar-refractivity contribution in [2.45, 2.75) is 18.9 Å². The van der Waals surface area contributed by atoms with Crippen molar-refractivity contribution in [2.75, 3.05) is 0 Å². The monoisotopic (exact) mass is 259 g/mol. The minimum atomic E-state index is -1.54. The summed E-state index contributed by atoms with van der Waals surface area (Å²) in [6.45, 7) is 0. The van der Waals surface area contributed by atoms with Crippen molar-refractivity contribution in [3.63, 3.8) is 0 Å².